The first kappa shape index (κ1) is 22.1. The number of rotatable bonds is 7. The van der Waals surface area contributed by atoms with E-state index in [-0.39, 0.29) is 18.7 Å². The van der Waals surface area contributed by atoms with E-state index >= 15 is 0 Å². The van der Waals surface area contributed by atoms with E-state index in [1.54, 1.807) is 19.1 Å². The maximum absolute atomic E-state index is 12.8. The molecule has 1 unspecified atom stereocenters. The van der Waals surface area contributed by atoms with Gasteiger partial charge < -0.3 is 5.32 Å². The van der Waals surface area contributed by atoms with Gasteiger partial charge in [-0.1, -0.05) is 43.3 Å². The number of para-hydroxylation sites is 1. The smallest absolute Gasteiger partial charge is 0.355 e. The van der Waals surface area contributed by atoms with Crippen molar-refractivity contribution in [3.8, 4) is 0 Å². The molecule has 2 aromatic rings. The summed E-state index contributed by atoms with van der Waals surface area (Å²) in [5.41, 5.74) is 1.28. The molecular formula is C21H23F3N2O3S. The second kappa shape index (κ2) is 8.67. The second-order valence-electron chi connectivity index (χ2n) is 7.36. The van der Waals surface area contributed by atoms with Gasteiger partial charge in [0, 0.05) is 19.0 Å². The largest absolute Gasteiger partial charge is 0.416 e. The Hall–Kier alpha value is -2.55. The number of carbonyl (C=O) groups is 1. The summed E-state index contributed by atoms with van der Waals surface area (Å²) >= 11 is 0. The predicted molar refractivity (Wildman–Crippen MR) is 109 cm³/mol. The molecule has 0 bridgehead atoms. The van der Waals surface area contributed by atoms with Crippen molar-refractivity contribution in [3.63, 3.8) is 0 Å². The number of sulfonamides is 1. The molecule has 0 spiro atoms. The Morgan fingerprint density at radius 2 is 1.90 bits per heavy atom. The molecule has 0 fully saturated rings. The highest BCUT2D eigenvalue weighted by Crippen LogP contribution is 2.31. The van der Waals surface area contributed by atoms with Crippen molar-refractivity contribution >= 4 is 21.6 Å². The maximum atomic E-state index is 12.8. The molecule has 1 atom stereocenters. The first-order valence-corrected chi connectivity index (χ1v) is 11.2. The molecule has 5 nitrogen and oxygen atoms in total. The summed E-state index contributed by atoms with van der Waals surface area (Å²) in [4.78, 5) is 12.3. The number of halogens is 3. The van der Waals surface area contributed by atoms with Gasteiger partial charge in [0.2, 0.25) is 15.9 Å². The zero-order valence-electron chi connectivity index (χ0n) is 16.4. The van der Waals surface area contributed by atoms with Gasteiger partial charge in [0.15, 0.2) is 0 Å². The highest BCUT2D eigenvalue weighted by Gasteiger charge is 2.31. The molecule has 1 amide bonds. The molecule has 1 N–H and O–H groups in total. The molecule has 0 saturated heterocycles. The van der Waals surface area contributed by atoms with Gasteiger partial charge in [0.1, 0.15) is 0 Å². The van der Waals surface area contributed by atoms with E-state index in [0.29, 0.717) is 24.2 Å². The summed E-state index contributed by atoms with van der Waals surface area (Å²) in [6.07, 6.45) is -3.66. The van der Waals surface area contributed by atoms with Crippen LogP contribution in [0.5, 0.6) is 0 Å². The standard InChI is InChI=1S/C21H23F3N2O3S/c1-15(13-16-5-4-7-18(14-16)21(22,23)24)20(27)25-10-12-30(28,29)26-11-9-17-6-2-3-8-19(17)26/h2-8,14-15H,9-13H2,1H3,(H,25,27). The molecule has 0 saturated carbocycles. The normalized spacial score (nSPS) is 15.0. The van der Waals surface area contributed by atoms with Crippen molar-refractivity contribution in [2.75, 3.05) is 23.1 Å². The highest BCUT2D eigenvalue weighted by molar-refractivity contribution is 7.92. The van der Waals surface area contributed by atoms with Gasteiger partial charge in [0.25, 0.3) is 0 Å². The maximum Gasteiger partial charge on any atom is 0.416 e. The zero-order valence-corrected chi connectivity index (χ0v) is 17.3. The van der Waals surface area contributed by atoms with Crippen LogP contribution in [-0.4, -0.2) is 33.2 Å². The van der Waals surface area contributed by atoms with Crippen molar-refractivity contribution < 1.29 is 26.4 Å². The van der Waals surface area contributed by atoms with Crippen molar-refractivity contribution in [3.05, 3.63) is 65.2 Å². The van der Waals surface area contributed by atoms with Crippen LogP contribution in [0.3, 0.4) is 0 Å². The zero-order chi connectivity index (χ0) is 21.9. The summed E-state index contributed by atoms with van der Waals surface area (Å²) in [6, 6.07) is 12.1. The number of benzene rings is 2. The van der Waals surface area contributed by atoms with Crippen LogP contribution in [0.15, 0.2) is 48.5 Å². The number of hydrogen-bond donors (Lipinski definition) is 1. The molecular weight excluding hydrogens is 417 g/mol. The molecule has 2 aromatic carbocycles. The number of nitrogens with one attached hydrogen (secondary N) is 1. The topological polar surface area (TPSA) is 66.5 Å². The minimum absolute atomic E-state index is 0.0627. The summed E-state index contributed by atoms with van der Waals surface area (Å²) < 4.78 is 65.1. The number of carbonyl (C=O) groups excluding carboxylic acids is 1. The van der Waals surface area contributed by atoms with Gasteiger partial charge in [-0.25, -0.2) is 8.42 Å². The lowest BCUT2D eigenvalue weighted by molar-refractivity contribution is -0.137. The van der Waals surface area contributed by atoms with Gasteiger partial charge in [-0.2, -0.15) is 13.2 Å². The molecule has 30 heavy (non-hydrogen) atoms. The Labute approximate surface area is 173 Å². The van der Waals surface area contributed by atoms with Crippen molar-refractivity contribution in [2.24, 2.45) is 5.92 Å². The van der Waals surface area contributed by atoms with Crippen molar-refractivity contribution in [1.29, 1.82) is 0 Å². The van der Waals surface area contributed by atoms with E-state index < -0.39 is 33.6 Å². The van der Waals surface area contributed by atoms with Crippen LogP contribution >= 0.6 is 0 Å². The fraction of sp³-hybridized carbons (Fsp3) is 0.381. The lowest BCUT2D eigenvalue weighted by atomic mass is 9.98. The molecule has 3 rings (SSSR count). The fourth-order valence-corrected chi connectivity index (χ4v) is 4.93. The Kier molecular flexibility index (Phi) is 6.40. The van der Waals surface area contributed by atoms with Gasteiger partial charge in [-0.15, -0.1) is 0 Å². The molecule has 0 radical (unpaired) electrons. The van der Waals surface area contributed by atoms with Crippen LogP contribution in [0.1, 0.15) is 23.6 Å². The average Bonchev–Trinajstić information content (AvgIpc) is 3.12. The Morgan fingerprint density at radius 1 is 1.17 bits per heavy atom. The summed E-state index contributed by atoms with van der Waals surface area (Å²) in [5, 5.41) is 2.58. The lowest BCUT2D eigenvalue weighted by Gasteiger charge is -2.20. The first-order chi connectivity index (χ1) is 14.1. The molecule has 0 aromatic heterocycles. The van der Waals surface area contributed by atoms with Gasteiger partial charge >= 0.3 is 6.18 Å². The Bertz CT molecular complexity index is 1020. The highest BCUT2D eigenvalue weighted by atomic mass is 32.2. The SMILES string of the molecule is CC(Cc1cccc(C(F)(F)F)c1)C(=O)NCCS(=O)(=O)N1CCc2ccccc21. The Balaban J connectivity index is 1.53. The molecule has 9 heteroatoms. The monoisotopic (exact) mass is 440 g/mol. The van der Waals surface area contributed by atoms with E-state index in [9.17, 15) is 26.4 Å². The first-order valence-electron chi connectivity index (χ1n) is 9.60. The number of alkyl halides is 3. The molecule has 1 aliphatic rings. The minimum Gasteiger partial charge on any atom is -0.355 e. The number of hydrogen-bond acceptors (Lipinski definition) is 3. The predicted octanol–water partition coefficient (Wildman–Crippen LogP) is 3.39. The van der Waals surface area contributed by atoms with Crippen LogP contribution in [0.2, 0.25) is 0 Å². The van der Waals surface area contributed by atoms with Crippen molar-refractivity contribution in [2.45, 2.75) is 25.9 Å². The second-order valence-corrected chi connectivity index (χ2v) is 9.37. The van der Waals surface area contributed by atoms with Crippen molar-refractivity contribution in [1.82, 2.24) is 5.32 Å². The van der Waals surface area contributed by atoms with E-state index in [1.165, 1.54) is 16.4 Å². The van der Waals surface area contributed by atoms with E-state index in [1.807, 2.05) is 12.1 Å². The van der Waals surface area contributed by atoms with Crippen LogP contribution in [0.25, 0.3) is 0 Å². The Morgan fingerprint density at radius 3 is 2.63 bits per heavy atom. The van der Waals surface area contributed by atoms with E-state index in [2.05, 4.69) is 5.32 Å². The van der Waals surface area contributed by atoms with Gasteiger partial charge in [-0.3, -0.25) is 9.10 Å². The molecule has 1 heterocycles. The molecule has 162 valence electrons. The number of nitrogens with zero attached hydrogens (tertiary/aromatic N) is 1. The minimum atomic E-state index is -4.44. The van der Waals surface area contributed by atoms with Crippen LogP contribution in [0.4, 0.5) is 18.9 Å². The van der Waals surface area contributed by atoms with E-state index in [4.69, 9.17) is 0 Å². The average molecular weight is 440 g/mol. The fourth-order valence-electron chi connectivity index (χ4n) is 3.51. The third-order valence-electron chi connectivity index (χ3n) is 5.08. The van der Waals surface area contributed by atoms with Crippen LogP contribution in [0, 0.1) is 5.92 Å². The summed E-state index contributed by atoms with van der Waals surface area (Å²) in [5.74, 6) is -1.24. The number of amides is 1. The molecule has 0 aliphatic carbocycles. The van der Waals surface area contributed by atoms with Crippen LogP contribution in [-0.2, 0) is 33.8 Å². The van der Waals surface area contributed by atoms with E-state index in [0.717, 1.165) is 17.7 Å². The summed E-state index contributed by atoms with van der Waals surface area (Å²) in [6.45, 7) is 1.91. The molecule has 1 aliphatic heterocycles. The third kappa shape index (κ3) is 5.13. The van der Waals surface area contributed by atoms with Gasteiger partial charge in [-0.05, 0) is 36.1 Å². The summed E-state index contributed by atoms with van der Waals surface area (Å²) in [7, 11) is -3.58. The number of anilines is 1. The third-order valence-corrected chi connectivity index (χ3v) is 6.85. The van der Waals surface area contributed by atoms with Crippen LogP contribution < -0.4 is 9.62 Å². The number of fused-ring (bicyclic) bond motifs is 1. The lowest BCUT2D eigenvalue weighted by Crippen LogP contribution is -2.38. The quantitative estimate of drug-likeness (QED) is 0.718. The van der Waals surface area contributed by atoms with Gasteiger partial charge in [0.05, 0.1) is 17.0 Å².